The van der Waals surface area contributed by atoms with Crippen molar-refractivity contribution in [2.24, 2.45) is 7.05 Å². The van der Waals surface area contributed by atoms with Gasteiger partial charge in [-0.05, 0) is 24.7 Å². The topological polar surface area (TPSA) is 59.0 Å². The number of hydrogen-bond acceptors (Lipinski definition) is 3. The van der Waals surface area contributed by atoms with E-state index in [1.165, 1.54) is 0 Å². The van der Waals surface area contributed by atoms with Gasteiger partial charge in [0.1, 0.15) is 6.04 Å². The minimum atomic E-state index is -0.390. The fourth-order valence-electron chi connectivity index (χ4n) is 1.93. The molecule has 1 aromatic heterocycles. The van der Waals surface area contributed by atoms with Gasteiger partial charge in [0.05, 0.1) is 6.20 Å². The zero-order valence-corrected chi connectivity index (χ0v) is 13.0. The van der Waals surface area contributed by atoms with Gasteiger partial charge in [-0.15, -0.1) is 0 Å². The number of benzene rings is 1. The van der Waals surface area contributed by atoms with Crippen LogP contribution in [-0.4, -0.2) is 22.7 Å². The molecule has 2 N–H and O–H groups in total. The van der Waals surface area contributed by atoms with E-state index in [1.807, 2.05) is 37.5 Å². The van der Waals surface area contributed by atoms with Crippen LogP contribution in [0.5, 0.6) is 0 Å². The Kier molecular flexibility index (Phi) is 4.92. The average molecular weight is 337 g/mol. The van der Waals surface area contributed by atoms with Gasteiger partial charge >= 0.3 is 0 Å². The molecule has 0 bridgehead atoms. The van der Waals surface area contributed by atoms with Crippen LogP contribution in [-0.2, 0) is 18.4 Å². The van der Waals surface area contributed by atoms with Gasteiger partial charge in [-0.2, -0.15) is 5.10 Å². The van der Waals surface area contributed by atoms with E-state index in [2.05, 4.69) is 31.7 Å². The van der Waals surface area contributed by atoms with Gasteiger partial charge in [0, 0.05) is 29.8 Å². The molecule has 1 unspecified atom stereocenters. The molecule has 6 heteroatoms. The van der Waals surface area contributed by atoms with Crippen molar-refractivity contribution in [3.63, 3.8) is 0 Å². The Morgan fingerprint density at radius 3 is 2.65 bits per heavy atom. The first-order chi connectivity index (χ1) is 9.60. The van der Waals surface area contributed by atoms with Crippen molar-refractivity contribution in [1.29, 1.82) is 0 Å². The Labute approximate surface area is 126 Å². The predicted octanol–water partition coefficient (Wildman–Crippen LogP) is 1.76. The van der Waals surface area contributed by atoms with Gasteiger partial charge in [-0.3, -0.25) is 9.48 Å². The molecule has 0 radical (unpaired) electrons. The van der Waals surface area contributed by atoms with E-state index in [0.29, 0.717) is 6.54 Å². The Morgan fingerprint density at radius 2 is 2.10 bits per heavy atom. The number of hydrogen-bond donors (Lipinski definition) is 2. The van der Waals surface area contributed by atoms with Crippen LogP contribution in [0.3, 0.4) is 0 Å². The van der Waals surface area contributed by atoms with Gasteiger partial charge in [0.2, 0.25) is 5.91 Å². The van der Waals surface area contributed by atoms with Gasteiger partial charge in [0.15, 0.2) is 0 Å². The molecule has 5 nitrogen and oxygen atoms in total. The number of carbonyl (C=O) groups excluding carboxylic acids is 1. The highest BCUT2D eigenvalue weighted by molar-refractivity contribution is 9.10. The predicted molar refractivity (Wildman–Crippen MR) is 81.0 cm³/mol. The molecule has 1 heterocycles. The van der Waals surface area contributed by atoms with E-state index in [1.54, 1.807) is 17.9 Å². The molecule has 2 aromatic rings. The highest BCUT2D eigenvalue weighted by Crippen LogP contribution is 2.13. The summed E-state index contributed by atoms with van der Waals surface area (Å²) in [6, 6.07) is 7.47. The van der Waals surface area contributed by atoms with Gasteiger partial charge in [0.25, 0.3) is 0 Å². The van der Waals surface area contributed by atoms with Crippen LogP contribution in [0.4, 0.5) is 0 Å². The molecule has 20 heavy (non-hydrogen) atoms. The molecule has 1 aromatic carbocycles. The Hall–Kier alpha value is -1.66. The van der Waals surface area contributed by atoms with Crippen LogP contribution in [0, 0.1) is 0 Å². The van der Waals surface area contributed by atoms with Crippen LogP contribution >= 0.6 is 15.9 Å². The average Bonchev–Trinajstić information content (AvgIpc) is 2.85. The summed E-state index contributed by atoms with van der Waals surface area (Å²) in [6.07, 6.45) is 3.53. The number of aromatic nitrogens is 2. The van der Waals surface area contributed by atoms with Crippen molar-refractivity contribution in [2.75, 3.05) is 7.05 Å². The third-order valence-electron chi connectivity index (χ3n) is 2.99. The fourth-order valence-corrected chi connectivity index (χ4v) is 2.20. The van der Waals surface area contributed by atoms with E-state index in [-0.39, 0.29) is 11.9 Å². The van der Waals surface area contributed by atoms with Crippen molar-refractivity contribution in [3.05, 3.63) is 52.3 Å². The standard InChI is InChI=1S/C14H17BrN4O/c1-16-13(11-8-18-19(2)9-11)14(20)17-7-10-3-5-12(15)6-4-10/h3-6,8-9,13,16H,7H2,1-2H3,(H,17,20). The number of likely N-dealkylation sites (N-methyl/N-ethyl adjacent to an activating group) is 1. The monoisotopic (exact) mass is 336 g/mol. The van der Waals surface area contributed by atoms with E-state index in [0.717, 1.165) is 15.6 Å². The summed E-state index contributed by atoms with van der Waals surface area (Å²) in [7, 11) is 3.59. The van der Waals surface area contributed by atoms with E-state index in [9.17, 15) is 4.79 Å². The summed E-state index contributed by atoms with van der Waals surface area (Å²) in [5.41, 5.74) is 1.91. The summed E-state index contributed by atoms with van der Waals surface area (Å²) in [6.45, 7) is 0.505. The summed E-state index contributed by atoms with van der Waals surface area (Å²) < 4.78 is 2.71. The highest BCUT2D eigenvalue weighted by atomic mass is 79.9. The molecule has 0 aliphatic carbocycles. The molecule has 0 fully saturated rings. The summed E-state index contributed by atoms with van der Waals surface area (Å²) >= 11 is 3.39. The number of nitrogens with one attached hydrogen (secondary N) is 2. The van der Waals surface area contributed by atoms with Gasteiger partial charge in [-0.1, -0.05) is 28.1 Å². The minimum absolute atomic E-state index is 0.0663. The summed E-state index contributed by atoms with van der Waals surface area (Å²) in [4.78, 5) is 12.2. The van der Waals surface area contributed by atoms with E-state index in [4.69, 9.17) is 0 Å². The van der Waals surface area contributed by atoms with E-state index < -0.39 is 0 Å². The molecule has 0 aliphatic heterocycles. The Morgan fingerprint density at radius 1 is 1.40 bits per heavy atom. The number of carbonyl (C=O) groups is 1. The third-order valence-corrected chi connectivity index (χ3v) is 3.52. The lowest BCUT2D eigenvalue weighted by Crippen LogP contribution is -2.35. The lowest BCUT2D eigenvalue weighted by Gasteiger charge is -2.14. The number of rotatable bonds is 5. The number of amides is 1. The molecule has 0 saturated heterocycles. The first-order valence-electron chi connectivity index (χ1n) is 6.28. The molecule has 0 spiro atoms. The second-order valence-electron chi connectivity index (χ2n) is 4.51. The molecule has 1 amide bonds. The van der Waals surface area contributed by atoms with Crippen molar-refractivity contribution in [2.45, 2.75) is 12.6 Å². The first-order valence-corrected chi connectivity index (χ1v) is 7.07. The van der Waals surface area contributed by atoms with Crippen LogP contribution in [0.25, 0.3) is 0 Å². The smallest absolute Gasteiger partial charge is 0.242 e. The molecule has 1 atom stereocenters. The van der Waals surface area contributed by atoms with Crippen molar-refractivity contribution < 1.29 is 4.79 Å². The second-order valence-corrected chi connectivity index (χ2v) is 5.43. The van der Waals surface area contributed by atoms with Crippen molar-refractivity contribution in [1.82, 2.24) is 20.4 Å². The maximum absolute atomic E-state index is 12.2. The SMILES string of the molecule is CNC(C(=O)NCc1ccc(Br)cc1)c1cnn(C)c1. The Bertz CT molecular complexity index is 579. The lowest BCUT2D eigenvalue weighted by molar-refractivity contribution is -0.123. The number of nitrogens with zero attached hydrogens (tertiary/aromatic N) is 2. The normalized spacial score (nSPS) is 12.2. The van der Waals surface area contributed by atoms with Crippen LogP contribution < -0.4 is 10.6 Å². The van der Waals surface area contributed by atoms with Gasteiger partial charge < -0.3 is 10.6 Å². The van der Waals surface area contributed by atoms with Crippen LogP contribution in [0.2, 0.25) is 0 Å². The fraction of sp³-hybridized carbons (Fsp3) is 0.286. The number of halogens is 1. The van der Waals surface area contributed by atoms with Crippen LogP contribution in [0.1, 0.15) is 17.2 Å². The zero-order valence-electron chi connectivity index (χ0n) is 11.4. The molecule has 0 aliphatic rings. The zero-order chi connectivity index (χ0) is 14.5. The highest BCUT2D eigenvalue weighted by Gasteiger charge is 2.19. The third kappa shape index (κ3) is 3.68. The van der Waals surface area contributed by atoms with Crippen LogP contribution in [0.15, 0.2) is 41.1 Å². The van der Waals surface area contributed by atoms with Crippen molar-refractivity contribution >= 4 is 21.8 Å². The minimum Gasteiger partial charge on any atom is -0.350 e. The van der Waals surface area contributed by atoms with Crippen molar-refractivity contribution in [3.8, 4) is 0 Å². The first kappa shape index (κ1) is 14.7. The lowest BCUT2D eigenvalue weighted by atomic mass is 10.1. The Balaban J connectivity index is 1.97. The molecule has 0 saturated carbocycles. The van der Waals surface area contributed by atoms with Gasteiger partial charge in [-0.25, -0.2) is 0 Å². The molecule has 106 valence electrons. The second kappa shape index (κ2) is 6.67. The maximum atomic E-state index is 12.2. The maximum Gasteiger partial charge on any atom is 0.242 e. The number of aryl methyl sites for hydroxylation is 1. The summed E-state index contributed by atoms with van der Waals surface area (Å²) in [5, 5.41) is 10.0. The van der Waals surface area contributed by atoms with E-state index >= 15 is 0 Å². The quantitative estimate of drug-likeness (QED) is 0.874. The molecular weight excluding hydrogens is 320 g/mol. The largest absolute Gasteiger partial charge is 0.350 e. The molecule has 2 rings (SSSR count). The molecular formula is C14H17BrN4O. The summed E-state index contributed by atoms with van der Waals surface area (Å²) in [5.74, 6) is -0.0663.